The molecule has 104 valence electrons. The molecule has 3 N–H and O–H groups in total. The molecule has 1 aromatic heterocycles. The van der Waals surface area contributed by atoms with Crippen LogP contribution in [0, 0.1) is 0 Å². The van der Waals surface area contributed by atoms with E-state index in [1.165, 1.54) is 11.0 Å². The minimum atomic E-state index is -0.262. The first-order chi connectivity index (χ1) is 10.2. The number of tetrazole rings is 1. The van der Waals surface area contributed by atoms with E-state index in [-0.39, 0.29) is 5.91 Å². The lowest BCUT2D eigenvalue weighted by Crippen LogP contribution is -2.14. The summed E-state index contributed by atoms with van der Waals surface area (Å²) in [5.74, 6) is -0.262. The maximum absolute atomic E-state index is 12.2. The minimum Gasteiger partial charge on any atom is -0.398 e. The molecule has 3 rings (SSSR count). The lowest BCUT2D eigenvalue weighted by molar-refractivity contribution is 0.102. The fraction of sp³-hybridized carbons (Fsp3) is 0. The molecule has 0 spiro atoms. The first-order valence-corrected chi connectivity index (χ1v) is 6.23. The van der Waals surface area contributed by atoms with Gasteiger partial charge in [0.2, 0.25) is 0 Å². The zero-order valence-electron chi connectivity index (χ0n) is 11.0. The van der Waals surface area contributed by atoms with Crippen molar-refractivity contribution in [1.29, 1.82) is 0 Å². The van der Waals surface area contributed by atoms with Crippen LogP contribution in [-0.4, -0.2) is 26.1 Å². The number of nitrogens with two attached hydrogens (primary N) is 1. The van der Waals surface area contributed by atoms with Gasteiger partial charge in [-0.25, -0.2) is 4.68 Å². The van der Waals surface area contributed by atoms with Crippen molar-refractivity contribution in [1.82, 2.24) is 20.2 Å². The monoisotopic (exact) mass is 280 g/mol. The molecule has 3 aromatic rings. The largest absolute Gasteiger partial charge is 0.398 e. The third-order valence-corrected chi connectivity index (χ3v) is 2.92. The van der Waals surface area contributed by atoms with Gasteiger partial charge in [0.1, 0.15) is 6.33 Å². The van der Waals surface area contributed by atoms with Crippen LogP contribution in [0.25, 0.3) is 5.69 Å². The van der Waals surface area contributed by atoms with Gasteiger partial charge in [-0.15, -0.1) is 5.10 Å². The molecule has 0 aliphatic rings. The van der Waals surface area contributed by atoms with Gasteiger partial charge in [0.15, 0.2) is 0 Å². The summed E-state index contributed by atoms with van der Waals surface area (Å²) in [6.07, 6.45) is 1.48. The van der Waals surface area contributed by atoms with Crippen LogP contribution in [0.2, 0.25) is 0 Å². The molecule has 2 aromatic carbocycles. The second kappa shape index (κ2) is 5.41. The second-order valence-corrected chi connectivity index (χ2v) is 4.35. The SMILES string of the molecule is Nc1ccccc1C(=O)Nc1cccc(-n2cnnn2)c1. The molecule has 1 heterocycles. The number of nitrogens with one attached hydrogen (secondary N) is 1. The zero-order valence-corrected chi connectivity index (χ0v) is 11.0. The van der Waals surface area contributed by atoms with Crippen LogP contribution in [0.4, 0.5) is 11.4 Å². The Morgan fingerprint density at radius 3 is 2.76 bits per heavy atom. The maximum Gasteiger partial charge on any atom is 0.257 e. The number of amides is 1. The normalized spacial score (nSPS) is 10.3. The molecule has 0 saturated carbocycles. The molecule has 7 nitrogen and oxygen atoms in total. The fourth-order valence-corrected chi connectivity index (χ4v) is 1.91. The fourth-order valence-electron chi connectivity index (χ4n) is 1.91. The molecule has 21 heavy (non-hydrogen) atoms. The Bertz CT molecular complexity index is 769. The highest BCUT2D eigenvalue weighted by Gasteiger charge is 2.09. The summed E-state index contributed by atoms with van der Waals surface area (Å²) in [5.41, 5.74) is 8.05. The highest BCUT2D eigenvalue weighted by atomic mass is 16.1. The number of carbonyl (C=O) groups is 1. The van der Waals surface area contributed by atoms with E-state index in [1.54, 1.807) is 42.5 Å². The number of benzene rings is 2. The third-order valence-electron chi connectivity index (χ3n) is 2.92. The van der Waals surface area contributed by atoms with Crippen molar-refractivity contribution >= 4 is 17.3 Å². The van der Waals surface area contributed by atoms with Gasteiger partial charge >= 0.3 is 0 Å². The van der Waals surface area contributed by atoms with Crippen molar-refractivity contribution in [3.05, 3.63) is 60.4 Å². The molecule has 1 amide bonds. The number of hydrogen-bond donors (Lipinski definition) is 2. The number of carbonyl (C=O) groups excluding carboxylic acids is 1. The molecule has 0 fully saturated rings. The number of aromatic nitrogens is 4. The Morgan fingerprint density at radius 2 is 2.00 bits per heavy atom. The van der Waals surface area contributed by atoms with Gasteiger partial charge < -0.3 is 11.1 Å². The first kappa shape index (κ1) is 12.8. The Kier molecular flexibility index (Phi) is 3.30. The number of para-hydroxylation sites is 1. The van der Waals surface area contributed by atoms with Gasteiger partial charge in [0.05, 0.1) is 11.3 Å². The van der Waals surface area contributed by atoms with E-state index in [1.807, 2.05) is 6.07 Å². The second-order valence-electron chi connectivity index (χ2n) is 4.35. The quantitative estimate of drug-likeness (QED) is 0.708. The standard InChI is InChI=1S/C14H12N6O/c15-13-7-2-1-6-12(13)14(21)17-10-4-3-5-11(8-10)20-9-16-18-19-20/h1-9H,15H2,(H,17,21). The summed E-state index contributed by atoms with van der Waals surface area (Å²) in [6.45, 7) is 0. The van der Waals surface area contributed by atoms with E-state index < -0.39 is 0 Å². The Morgan fingerprint density at radius 1 is 1.14 bits per heavy atom. The van der Waals surface area contributed by atoms with Gasteiger partial charge in [-0.2, -0.15) is 0 Å². The maximum atomic E-state index is 12.2. The molecule has 7 heteroatoms. The van der Waals surface area contributed by atoms with Crippen molar-refractivity contribution in [2.24, 2.45) is 0 Å². The average Bonchev–Trinajstić information content (AvgIpc) is 3.02. The summed E-state index contributed by atoms with van der Waals surface area (Å²) >= 11 is 0. The summed E-state index contributed by atoms with van der Waals surface area (Å²) in [7, 11) is 0. The predicted molar refractivity (Wildman–Crippen MR) is 78.0 cm³/mol. The summed E-state index contributed by atoms with van der Waals surface area (Å²) in [5, 5.41) is 13.8. The number of hydrogen-bond acceptors (Lipinski definition) is 5. The molecule has 0 saturated heterocycles. The number of rotatable bonds is 3. The van der Waals surface area contributed by atoms with Crippen LogP contribution >= 0.6 is 0 Å². The topological polar surface area (TPSA) is 98.7 Å². The molecular weight excluding hydrogens is 268 g/mol. The highest BCUT2D eigenvalue weighted by Crippen LogP contribution is 2.16. The van der Waals surface area contributed by atoms with Gasteiger partial charge in [0.25, 0.3) is 5.91 Å². The van der Waals surface area contributed by atoms with E-state index in [9.17, 15) is 4.79 Å². The van der Waals surface area contributed by atoms with Crippen molar-refractivity contribution in [3.63, 3.8) is 0 Å². The summed E-state index contributed by atoms with van der Waals surface area (Å²) in [4.78, 5) is 12.2. The van der Waals surface area contributed by atoms with Crippen LogP contribution in [0.5, 0.6) is 0 Å². The molecule has 0 bridgehead atoms. The molecule has 0 unspecified atom stereocenters. The van der Waals surface area contributed by atoms with E-state index in [4.69, 9.17) is 5.73 Å². The van der Waals surface area contributed by atoms with Crippen LogP contribution in [-0.2, 0) is 0 Å². The van der Waals surface area contributed by atoms with Crippen LogP contribution in [0.15, 0.2) is 54.9 Å². The lowest BCUT2D eigenvalue weighted by Gasteiger charge is -2.08. The molecular formula is C14H12N6O. The van der Waals surface area contributed by atoms with Crippen LogP contribution in [0.3, 0.4) is 0 Å². The van der Waals surface area contributed by atoms with Gasteiger partial charge in [-0.3, -0.25) is 4.79 Å². The number of nitrogens with zero attached hydrogens (tertiary/aromatic N) is 4. The Hall–Kier alpha value is -3.22. The predicted octanol–water partition coefficient (Wildman–Crippen LogP) is 1.50. The molecule has 0 aliphatic heterocycles. The van der Waals surface area contributed by atoms with Gasteiger partial charge in [-0.1, -0.05) is 18.2 Å². The van der Waals surface area contributed by atoms with Gasteiger partial charge in [0, 0.05) is 11.4 Å². The van der Waals surface area contributed by atoms with Crippen molar-refractivity contribution in [3.8, 4) is 5.69 Å². The van der Waals surface area contributed by atoms with E-state index in [0.717, 1.165) is 5.69 Å². The highest BCUT2D eigenvalue weighted by molar-refractivity contribution is 6.07. The smallest absolute Gasteiger partial charge is 0.257 e. The van der Waals surface area contributed by atoms with Crippen LogP contribution in [0.1, 0.15) is 10.4 Å². The van der Waals surface area contributed by atoms with E-state index >= 15 is 0 Å². The summed E-state index contributed by atoms with van der Waals surface area (Å²) < 4.78 is 1.51. The molecule has 0 aliphatic carbocycles. The molecule has 0 radical (unpaired) electrons. The number of nitrogen functional groups attached to an aromatic ring is 1. The van der Waals surface area contributed by atoms with Gasteiger partial charge in [-0.05, 0) is 40.8 Å². The van der Waals surface area contributed by atoms with Crippen molar-refractivity contribution in [2.75, 3.05) is 11.1 Å². The lowest BCUT2D eigenvalue weighted by atomic mass is 10.1. The van der Waals surface area contributed by atoms with Crippen molar-refractivity contribution in [2.45, 2.75) is 0 Å². The van der Waals surface area contributed by atoms with E-state index in [0.29, 0.717) is 16.9 Å². The average molecular weight is 280 g/mol. The van der Waals surface area contributed by atoms with E-state index in [2.05, 4.69) is 20.8 Å². The van der Waals surface area contributed by atoms with Crippen molar-refractivity contribution < 1.29 is 4.79 Å². The minimum absolute atomic E-state index is 0.262. The summed E-state index contributed by atoms with van der Waals surface area (Å²) in [6, 6.07) is 14.1. The molecule has 0 atom stereocenters. The van der Waals surface area contributed by atoms with Crippen LogP contribution < -0.4 is 11.1 Å². The Balaban J connectivity index is 1.84. The Labute approximate surface area is 120 Å². The third kappa shape index (κ3) is 2.71. The first-order valence-electron chi connectivity index (χ1n) is 6.23. The zero-order chi connectivity index (χ0) is 14.7. The number of anilines is 2.